The van der Waals surface area contributed by atoms with E-state index in [2.05, 4.69) is 41.7 Å². The molecule has 0 saturated heterocycles. The summed E-state index contributed by atoms with van der Waals surface area (Å²) in [4.78, 5) is 26.4. The molecular formula is C35H33NO3. The van der Waals surface area contributed by atoms with Gasteiger partial charge < -0.3 is 4.74 Å². The normalized spacial score (nSPS) is 14.4. The monoisotopic (exact) mass is 515 g/mol. The lowest BCUT2D eigenvalue weighted by molar-refractivity contribution is -0.157. The lowest BCUT2D eigenvalue weighted by Crippen LogP contribution is -2.52. The van der Waals surface area contributed by atoms with Crippen molar-refractivity contribution in [2.75, 3.05) is 0 Å². The SMILES string of the molecule is CC(C)(C)OC(=O)[C@H](C/C=C/C(=O)c1ccccc1)NC1(c2ccccc2)c2ccccc2-c2ccccc21. The van der Waals surface area contributed by atoms with E-state index in [9.17, 15) is 9.59 Å². The van der Waals surface area contributed by atoms with Crippen molar-refractivity contribution >= 4 is 11.8 Å². The zero-order valence-corrected chi connectivity index (χ0v) is 22.6. The second-order valence-electron chi connectivity index (χ2n) is 10.8. The third kappa shape index (κ3) is 5.34. The molecule has 1 aliphatic rings. The van der Waals surface area contributed by atoms with Crippen LogP contribution in [0.5, 0.6) is 0 Å². The van der Waals surface area contributed by atoms with E-state index in [1.54, 1.807) is 24.3 Å². The van der Waals surface area contributed by atoms with Crippen LogP contribution in [0.1, 0.15) is 54.2 Å². The smallest absolute Gasteiger partial charge is 0.324 e. The van der Waals surface area contributed by atoms with Crippen molar-refractivity contribution in [1.82, 2.24) is 5.32 Å². The van der Waals surface area contributed by atoms with Crippen LogP contribution in [0.2, 0.25) is 0 Å². The Labute approximate surface area is 230 Å². The molecule has 5 rings (SSSR count). The molecule has 0 radical (unpaired) electrons. The standard InChI is InChI=1S/C35H33NO3/c1-34(2,3)39-33(38)31(23-14-24-32(37)25-15-6-4-7-16-25)36-35(26-17-8-5-9-18-26)29-21-12-10-19-27(29)28-20-11-13-22-30(28)35/h4-22,24,31,36H,23H2,1-3H3/b24-14+/t31-/m0/s1. The molecule has 39 heavy (non-hydrogen) atoms. The molecule has 1 N–H and O–H groups in total. The maximum Gasteiger partial charge on any atom is 0.324 e. The van der Waals surface area contributed by atoms with Crippen LogP contribution in [0.25, 0.3) is 11.1 Å². The minimum atomic E-state index is -0.784. The lowest BCUT2D eigenvalue weighted by Gasteiger charge is -2.37. The Hall–Kier alpha value is -4.28. The number of rotatable bonds is 8. The van der Waals surface area contributed by atoms with E-state index in [1.165, 1.54) is 0 Å². The van der Waals surface area contributed by atoms with Crippen LogP contribution in [0, 0.1) is 0 Å². The molecule has 0 bridgehead atoms. The fourth-order valence-corrected chi connectivity index (χ4v) is 5.33. The second kappa shape index (κ2) is 10.8. The van der Waals surface area contributed by atoms with Crippen LogP contribution in [0.4, 0.5) is 0 Å². The number of carbonyl (C=O) groups excluding carboxylic acids is 2. The molecule has 196 valence electrons. The summed E-state index contributed by atoms with van der Waals surface area (Å²) in [5.74, 6) is -0.468. The van der Waals surface area contributed by atoms with Crippen molar-refractivity contribution in [2.24, 2.45) is 0 Å². The highest BCUT2D eigenvalue weighted by molar-refractivity contribution is 6.04. The number of carbonyl (C=O) groups is 2. The van der Waals surface area contributed by atoms with Gasteiger partial charge in [-0.15, -0.1) is 0 Å². The fourth-order valence-electron chi connectivity index (χ4n) is 5.33. The molecule has 4 aromatic rings. The number of ether oxygens (including phenoxy) is 1. The molecule has 4 aromatic carbocycles. The first-order valence-electron chi connectivity index (χ1n) is 13.3. The van der Waals surface area contributed by atoms with E-state index in [4.69, 9.17) is 4.74 Å². The van der Waals surface area contributed by atoms with Gasteiger partial charge in [0.05, 0.1) is 5.54 Å². The first kappa shape index (κ1) is 26.3. The zero-order chi connectivity index (χ0) is 27.5. The molecule has 0 heterocycles. The summed E-state index contributed by atoms with van der Waals surface area (Å²) in [5, 5.41) is 3.76. The molecular weight excluding hydrogens is 482 g/mol. The van der Waals surface area contributed by atoms with Gasteiger partial charge >= 0.3 is 5.97 Å². The molecule has 4 nitrogen and oxygen atoms in total. The van der Waals surface area contributed by atoms with E-state index < -0.39 is 17.2 Å². The Morgan fingerprint density at radius 3 is 1.85 bits per heavy atom. The third-order valence-electron chi connectivity index (χ3n) is 6.94. The highest BCUT2D eigenvalue weighted by Crippen LogP contribution is 2.51. The Morgan fingerprint density at radius 2 is 1.28 bits per heavy atom. The number of nitrogens with one attached hydrogen (secondary N) is 1. The number of hydrogen-bond acceptors (Lipinski definition) is 4. The highest BCUT2D eigenvalue weighted by Gasteiger charge is 2.46. The van der Waals surface area contributed by atoms with Gasteiger partial charge in [-0.1, -0.05) is 115 Å². The minimum absolute atomic E-state index is 0.104. The lowest BCUT2D eigenvalue weighted by atomic mass is 9.79. The largest absolute Gasteiger partial charge is 0.459 e. The van der Waals surface area contributed by atoms with Gasteiger partial charge in [-0.05, 0) is 61.1 Å². The molecule has 1 atom stereocenters. The molecule has 0 fully saturated rings. The maximum absolute atomic E-state index is 13.7. The van der Waals surface area contributed by atoms with Crippen LogP contribution in [-0.4, -0.2) is 23.4 Å². The van der Waals surface area contributed by atoms with E-state index >= 15 is 0 Å². The van der Waals surface area contributed by atoms with Crippen molar-refractivity contribution in [3.05, 3.63) is 144 Å². The van der Waals surface area contributed by atoms with Crippen molar-refractivity contribution in [2.45, 2.75) is 44.4 Å². The molecule has 0 saturated carbocycles. The first-order valence-corrected chi connectivity index (χ1v) is 13.3. The Balaban J connectivity index is 1.59. The Morgan fingerprint density at radius 1 is 0.769 bits per heavy atom. The Kier molecular flexibility index (Phi) is 7.32. The van der Waals surface area contributed by atoms with Gasteiger partial charge in [0.2, 0.25) is 0 Å². The Bertz CT molecular complexity index is 1450. The van der Waals surface area contributed by atoms with Crippen LogP contribution in [0.3, 0.4) is 0 Å². The van der Waals surface area contributed by atoms with Gasteiger partial charge in [0.1, 0.15) is 11.6 Å². The van der Waals surface area contributed by atoms with Crippen molar-refractivity contribution in [1.29, 1.82) is 0 Å². The van der Waals surface area contributed by atoms with Gasteiger partial charge in [-0.3, -0.25) is 14.9 Å². The summed E-state index contributed by atoms with van der Waals surface area (Å²) in [6.45, 7) is 5.59. The summed E-state index contributed by atoms with van der Waals surface area (Å²) in [6, 6.07) is 35.3. The van der Waals surface area contributed by atoms with E-state index in [1.807, 2.05) is 81.4 Å². The average molecular weight is 516 g/mol. The zero-order valence-electron chi connectivity index (χ0n) is 22.6. The fraction of sp³-hybridized carbons (Fsp3) is 0.200. The van der Waals surface area contributed by atoms with Crippen LogP contribution in [-0.2, 0) is 15.1 Å². The predicted octanol–water partition coefficient (Wildman–Crippen LogP) is 7.09. The molecule has 0 aromatic heterocycles. The molecule has 4 heteroatoms. The van der Waals surface area contributed by atoms with Crippen molar-refractivity contribution in [3.8, 4) is 11.1 Å². The summed E-state index contributed by atoms with van der Waals surface area (Å²) >= 11 is 0. The third-order valence-corrected chi connectivity index (χ3v) is 6.94. The van der Waals surface area contributed by atoms with Gasteiger partial charge in [-0.2, -0.15) is 0 Å². The van der Waals surface area contributed by atoms with Crippen LogP contribution >= 0.6 is 0 Å². The quantitative estimate of drug-likeness (QED) is 0.155. The number of allylic oxidation sites excluding steroid dienone is 1. The molecule has 1 aliphatic carbocycles. The molecule has 0 amide bonds. The van der Waals surface area contributed by atoms with Gasteiger partial charge in [0.15, 0.2) is 5.78 Å². The topological polar surface area (TPSA) is 55.4 Å². The number of fused-ring (bicyclic) bond motifs is 3. The number of hydrogen-bond donors (Lipinski definition) is 1. The van der Waals surface area contributed by atoms with Crippen LogP contribution in [0.15, 0.2) is 121 Å². The van der Waals surface area contributed by atoms with Crippen molar-refractivity contribution < 1.29 is 14.3 Å². The van der Waals surface area contributed by atoms with E-state index in [0.717, 1.165) is 27.8 Å². The van der Waals surface area contributed by atoms with Gasteiger partial charge in [-0.25, -0.2) is 0 Å². The van der Waals surface area contributed by atoms with Crippen LogP contribution < -0.4 is 5.32 Å². The highest BCUT2D eigenvalue weighted by atomic mass is 16.6. The van der Waals surface area contributed by atoms with Crippen molar-refractivity contribution in [3.63, 3.8) is 0 Å². The summed E-state index contributed by atoms with van der Waals surface area (Å²) in [5.41, 5.74) is 4.60. The number of benzene rings is 4. The number of ketones is 1. The summed E-state index contributed by atoms with van der Waals surface area (Å²) in [7, 11) is 0. The maximum atomic E-state index is 13.7. The number of esters is 1. The average Bonchev–Trinajstić information content (AvgIpc) is 3.23. The first-order chi connectivity index (χ1) is 18.8. The summed E-state index contributed by atoms with van der Waals surface area (Å²) < 4.78 is 5.89. The second-order valence-corrected chi connectivity index (χ2v) is 10.8. The van der Waals surface area contributed by atoms with Gasteiger partial charge in [0, 0.05) is 5.56 Å². The summed E-state index contributed by atoms with van der Waals surface area (Å²) in [6.07, 6.45) is 3.59. The molecule has 0 aliphatic heterocycles. The minimum Gasteiger partial charge on any atom is -0.459 e. The van der Waals surface area contributed by atoms with Gasteiger partial charge in [0.25, 0.3) is 0 Å². The predicted molar refractivity (Wildman–Crippen MR) is 156 cm³/mol. The molecule has 0 spiro atoms. The van der Waals surface area contributed by atoms with E-state index in [0.29, 0.717) is 5.56 Å². The molecule has 0 unspecified atom stereocenters. The van der Waals surface area contributed by atoms with E-state index in [-0.39, 0.29) is 18.2 Å².